The second-order valence-corrected chi connectivity index (χ2v) is 10.8. The Balaban J connectivity index is 3.46. The van der Waals surface area contributed by atoms with Gasteiger partial charge in [-0.2, -0.15) is 0 Å². The second-order valence-electron chi connectivity index (χ2n) is 5.48. The molecule has 0 saturated carbocycles. The monoisotopic (exact) mass is 427 g/mol. The zero-order chi connectivity index (χ0) is 18.8. The highest BCUT2D eigenvalue weighted by Crippen LogP contribution is 2.22. The Kier molecular flexibility index (Phi) is 19.3. The van der Waals surface area contributed by atoms with Crippen LogP contribution in [0.3, 0.4) is 0 Å². The minimum atomic E-state index is 0.0914. The molecule has 0 aliphatic carbocycles. The van der Waals surface area contributed by atoms with E-state index < -0.39 is 0 Å². The fourth-order valence-electron chi connectivity index (χ4n) is 1.60. The molecule has 0 aromatic carbocycles. The molecular formula is C16H33N3O2S4. The molecule has 9 heteroatoms. The molecule has 0 aromatic rings. The summed E-state index contributed by atoms with van der Waals surface area (Å²) in [5.74, 6) is 3.82. The molecule has 2 amide bonds. The minimum Gasteiger partial charge on any atom is -0.355 e. The smallest absolute Gasteiger partial charge is 0.230 e. The predicted molar refractivity (Wildman–Crippen MR) is 119 cm³/mol. The average Bonchev–Trinajstić information content (AvgIpc) is 2.58. The van der Waals surface area contributed by atoms with Crippen LogP contribution in [0.15, 0.2) is 0 Å². The van der Waals surface area contributed by atoms with E-state index in [4.69, 9.17) is 0 Å². The summed E-state index contributed by atoms with van der Waals surface area (Å²) in [4.78, 5) is 25.4. The van der Waals surface area contributed by atoms with E-state index in [1.165, 1.54) is 6.42 Å². The Bertz CT molecular complexity index is 349. The SMILES string of the molecule is CCCSSCCC(=O)NCCN(C)CCNC(=O)CSSCCC. The maximum absolute atomic E-state index is 11.7. The van der Waals surface area contributed by atoms with Crippen LogP contribution < -0.4 is 10.6 Å². The van der Waals surface area contributed by atoms with E-state index in [2.05, 4.69) is 29.4 Å². The summed E-state index contributed by atoms with van der Waals surface area (Å²) in [6, 6.07) is 0. The van der Waals surface area contributed by atoms with Crippen molar-refractivity contribution in [1.82, 2.24) is 15.5 Å². The molecule has 0 saturated heterocycles. The minimum absolute atomic E-state index is 0.0914. The molecule has 0 aliphatic rings. The van der Waals surface area contributed by atoms with Gasteiger partial charge in [0.05, 0.1) is 5.75 Å². The lowest BCUT2D eigenvalue weighted by Gasteiger charge is -2.17. The molecule has 0 fully saturated rings. The van der Waals surface area contributed by atoms with Crippen molar-refractivity contribution < 1.29 is 9.59 Å². The fraction of sp³-hybridized carbons (Fsp3) is 0.875. The van der Waals surface area contributed by atoms with E-state index in [-0.39, 0.29) is 11.8 Å². The van der Waals surface area contributed by atoms with Gasteiger partial charge in [0.25, 0.3) is 0 Å². The lowest BCUT2D eigenvalue weighted by Crippen LogP contribution is -2.38. The summed E-state index contributed by atoms with van der Waals surface area (Å²) in [5.41, 5.74) is 0. The molecule has 2 N–H and O–H groups in total. The van der Waals surface area contributed by atoms with Gasteiger partial charge in [0, 0.05) is 49.9 Å². The van der Waals surface area contributed by atoms with Gasteiger partial charge in [-0.3, -0.25) is 9.59 Å². The number of rotatable bonds is 17. The second kappa shape index (κ2) is 19.1. The lowest BCUT2D eigenvalue weighted by molar-refractivity contribution is -0.120. The van der Waals surface area contributed by atoms with Crippen molar-refractivity contribution >= 4 is 55.0 Å². The Labute approximate surface area is 169 Å². The summed E-state index contributed by atoms with van der Waals surface area (Å²) in [6.45, 7) is 7.18. The number of nitrogens with zero attached hydrogens (tertiary/aromatic N) is 1. The van der Waals surface area contributed by atoms with Crippen LogP contribution in [-0.4, -0.2) is 73.0 Å². The van der Waals surface area contributed by atoms with Crippen LogP contribution in [0.1, 0.15) is 33.1 Å². The number of carbonyl (C=O) groups excluding carboxylic acids is 2. The summed E-state index contributed by atoms with van der Waals surface area (Å²) in [6.07, 6.45) is 2.89. The fourth-order valence-corrected chi connectivity index (χ4v) is 5.73. The van der Waals surface area contributed by atoms with Crippen molar-refractivity contribution in [3.05, 3.63) is 0 Å². The molecule has 0 spiro atoms. The molecule has 0 unspecified atom stereocenters. The van der Waals surface area contributed by atoms with E-state index in [1.807, 2.05) is 17.8 Å². The average molecular weight is 428 g/mol. The maximum atomic E-state index is 11.7. The molecule has 0 radical (unpaired) electrons. The number of carbonyl (C=O) groups is 2. The summed E-state index contributed by atoms with van der Waals surface area (Å²) >= 11 is 0. The zero-order valence-electron chi connectivity index (χ0n) is 15.7. The van der Waals surface area contributed by atoms with E-state index in [9.17, 15) is 9.59 Å². The zero-order valence-corrected chi connectivity index (χ0v) is 18.9. The van der Waals surface area contributed by atoms with Gasteiger partial charge < -0.3 is 15.5 Å². The Morgan fingerprint density at radius 2 is 1.32 bits per heavy atom. The van der Waals surface area contributed by atoms with Gasteiger partial charge in [-0.05, 0) is 19.9 Å². The number of likely N-dealkylation sites (N-methyl/N-ethyl adjacent to an activating group) is 1. The molecule has 0 heterocycles. The van der Waals surface area contributed by atoms with Crippen molar-refractivity contribution in [2.75, 3.05) is 56.2 Å². The molecule has 148 valence electrons. The third kappa shape index (κ3) is 18.9. The molecule has 25 heavy (non-hydrogen) atoms. The van der Waals surface area contributed by atoms with Gasteiger partial charge >= 0.3 is 0 Å². The van der Waals surface area contributed by atoms with E-state index in [0.717, 1.165) is 36.8 Å². The predicted octanol–water partition coefficient (Wildman–Crippen LogP) is 3.12. The topological polar surface area (TPSA) is 61.4 Å². The first kappa shape index (κ1) is 25.3. The van der Waals surface area contributed by atoms with Gasteiger partial charge in [0.2, 0.25) is 11.8 Å². The summed E-state index contributed by atoms with van der Waals surface area (Å²) in [7, 11) is 8.96. The highest BCUT2D eigenvalue weighted by molar-refractivity contribution is 8.77. The first-order valence-corrected chi connectivity index (χ1v) is 13.8. The normalized spacial score (nSPS) is 10.9. The van der Waals surface area contributed by atoms with Gasteiger partial charge in [0.15, 0.2) is 0 Å². The lowest BCUT2D eigenvalue weighted by atomic mass is 10.4. The van der Waals surface area contributed by atoms with Crippen molar-refractivity contribution in [2.45, 2.75) is 33.1 Å². The van der Waals surface area contributed by atoms with Crippen LogP contribution in [0.2, 0.25) is 0 Å². The van der Waals surface area contributed by atoms with Crippen molar-refractivity contribution in [1.29, 1.82) is 0 Å². The molecule has 0 bridgehead atoms. The Morgan fingerprint density at radius 1 is 0.800 bits per heavy atom. The van der Waals surface area contributed by atoms with Crippen LogP contribution in [0.4, 0.5) is 0 Å². The maximum Gasteiger partial charge on any atom is 0.230 e. The number of hydrogen-bond donors (Lipinski definition) is 2. The first-order valence-electron chi connectivity index (χ1n) is 8.80. The van der Waals surface area contributed by atoms with Crippen molar-refractivity contribution in [2.24, 2.45) is 0 Å². The number of nitrogens with one attached hydrogen (secondary N) is 2. The van der Waals surface area contributed by atoms with Crippen LogP contribution in [0, 0.1) is 0 Å². The van der Waals surface area contributed by atoms with Crippen LogP contribution in [-0.2, 0) is 9.59 Å². The van der Waals surface area contributed by atoms with E-state index in [0.29, 0.717) is 25.3 Å². The summed E-state index contributed by atoms with van der Waals surface area (Å²) < 4.78 is 0. The van der Waals surface area contributed by atoms with Crippen LogP contribution >= 0.6 is 43.2 Å². The van der Waals surface area contributed by atoms with E-state index in [1.54, 1.807) is 32.4 Å². The van der Waals surface area contributed by atoms with Gasteiger partial charge in [-0.15, -0.1) is 0 Å². The molecular weight excluding hydrogens is 394 g/mol. The Morgan fingerprint density at radius 3 is 1.92 bits per heavy atom. The molecule has 0 rings (SSSR count). The van der Waals surface area contributed by atoms with Crippen LogP contribution in [0.5, 0.6) is 0 Å². The van der Waals surface area contributed by atoms with Gasteiger partial charge in [-0.1, -0.05) is 57.0 Å². The number of hydrogen-bond acceptors (Lipinski definition) is 7. The molecule has 5 nitrogen and oxygen atoms in total. The Hall–Kier alpha value is 0.300. The van der Waals surface area contributed by atoms with Crippen molar-refractivity contribution in [3.63, 3.8) is 0 Å². The molecule has 0 aromatic heterocycles. The van der Waals surface area contributed by atoms with Crippen LogP contribution in [0.25, 0.3) is 0 Å². The van der Waals surface area contributed by atoms with Gasteiger partial charge in [-0.25, -0.2) is 0 Å². The highest BCUT2D eigenvalue weighted by atomic mass is 33.1. The third-order valence-electron chi connectivity index (χ3n) is 2.98. The van der Waals surface area contributed by atoms with Gasteiger partial charge in [0.1, 0.15) is 0 Å². The largest absolute Gasteiger partial charge is 0.355 e. The van der Waals surface area contributed by atoms with Crippen molar-refractivity contribution in [3.8, 4) is 0 Å². The summed E-state index contributed by atoms with van der Waals surface area (Å²) in [5, 5.41) is 5.87. The third-order valence-corrected chi connectivity index (χ3v) is 8.06. The quantitative estimate of drug-likeness (QED) is 0.273. The highest BCUT2D eigenvalue weighted by Gasteiger charge is 2.04. The van der Waals surface area contributed by atoms with E-state index >= 15 is 0 Å². The number of amides is 2. The molecule has 0 aliphatic heterocycles. The first-order chi connectivity index (χ1) is 12.1. The molecule has 0 atom stereocenters. The standard InChI is InChI=1S/C16H33N3O2S4/c1-4-11-22-24-13-6-15(20)17-7-9-19(3)10-8-18-16(21)14-25-23-12-5-2/h4-14H2,1-3H3,(H,17,20)(H,18,21).